The minimum Gasteiger partial charge on any atom is -0.469 e. The van der Waals surface area contributed by atoms with Crippen molar-refractivity contribution in [2.45, 2.75) is 32.1 Å². The molecule has 0 aliphatic heterocycles. The summed E-state index contributed by atoms with van der Waals surface area (Å²) in [4.78, 5) is 1.25. The maximum atomic E-state index is 12.8. The molecule has 1 rings (SSSR count). The van der Waals surface area contributed by atoms with Crippen molar-refractivity contribution >= 4 is 0 Å². The van der Waals surface area contributed by atoms with Crippen LogP contribution >= 0.6 is 0 Å². The predicted molar refractivity (Wildman–Crippen MR) is 58.4 cm³/mol. The molecule has 0 aliphatic rings. The first-order chi connectivity index (χ1) is 7.86. The van der Waals surface area contributed by atoms with Gasteiger partial charge in [0, 0.05) is 12.1 Å². The molecule has 0 aliphatic carbocycles. The van der Waals surface area contributed by atoms with E-state index < -0.39 is 12.2 Å². The van der Waals surface area contributed by atoms with E-state index in [1.165, 1.54) is 18.2 Å². The zero-order chi connectivity index (χ0) is 13.1. The Hall–Kier alpha value is -1.01. The Bertz CT molecular complexity index is 349. The third kappa shape index (κ3) is 3.74. The van der Waals surface area contributed by atoms with Gasteiger partial charge in [-0.25, -0.2) is 0 Å². The maximum Gasteiger partial charge on any atom is 0.404 e. The molecule has 0 bridgehead atoms. The molecule has 6 heteroatoms. The number of furan rings is 1. The van der Waals surface area contributed by atoms with Gasteiger partial charge in [0.15, 0.2) is 0 Å². The van der Waals surface area contributed by atoms with E-state index in [2.05, 4.69) is 0 Å². The fourth-order valence-corrected chi connectivity index (χ4v) is 1.75. The van der Waals surface area contributed by atoms with Crippen molar-refractivity contribution in [3.05, 3.63) is 23.7 Å². The van der Waals surface area contributed by atoms with Crippen molar-refractivity contribution in [2.75, 3.05) is 13.6 Å². The molecular weight excluding hydrogens is 233 g/mol. The van der Waals surface area contributed by atoms with Gasteiger partial charge in [0.1, 0.15) is 11.8 Å². The van der Waals surface area contributed by atoms with Crippen LogP contribution in [0.3, 0.4) is 0 Å². The first-order valence-electron chi connectivity index (χ1n) is 5.36. The smallest absolute Gasteiger partial charge is 0.404 e. The zero-order valence-corrected chi connectivity index (χ0v) is 9.92. The number of rotatable bonds is 5. The molecule has 0 saturated carbocycles. The average molecular weight is 250 g/mol. The lowest BCUT2D eigenvalue weighted by atomic mass is 10.1. The summed E-state index contributed by atoms with van der Waals surface area (Å²) in [5.41, 5.74) is 5.98. The normalized spacial score (nSPS) is 14.3. The molecule has 3 nitrogen and oxygen atoms in total. The summed E-state index contributed by atoms with van der Waals surface area (Å²) in [6.07, 6.45) is -2.88. The molecule has 1 atom stereocenters. The Labute approximate surface area is 98.4 Å². The van der Waals surface area contributed by atoms with E-state index in [1.807, 2.05) is 0 Å². The molecule has 1 aromatic heterocycles. The van der Waals surface area contributed by atoms with Gasteiger partial charge < -0.3 is 10.2 Å². The average Bonchev–Trinajstić information content (AvgIpc) is 2.59. The molecule has 0 spiro atoms. The molecular formula is C11H17F3N2O. The van der Waals surface area contributed by atoms with Crippen molar-refractivity contribution in [1.29, 1.82) is 0 Å². The topological polar surface area (TPSA) is 42.4 Å². The first-order valence-corrected chi connectivity index (χ1v) is 5.36. The largest absolute Gasteiger partial charge is 0.469 e. The Morgan fingerprint density at radius 3 is 2.53 bits per heavy atom. The summed E-state index contributed by atoms with van der Waals surface area (Å²) >= 11 is 0. The van der Waals surface area contributed by atoms with Gasteiger partial charge in [-0.2, -0.15) is 13.2 Å². The van der Waals surface area contributed by atoms with E-state index in [9.17, 15) is 13.2 Å². The van der Waals surface area contributed by atoms with Gasteiger partial charge in [-0.15, -0.1) is 0 Å². The lowest BCUT2D eigenvalue weighted by molar-refractivity contribution is -0.182. The molecule has 0 amide bonds. The van der Waals surface area contributed by atoms with E-state index in [1.54, 1.807) is 13.0 Å². The molecule has 98 valence electrons. The summed E-state index contributed by atoms with van der Waals surface area (Å²) in [7, 11) is 1.44. The van der Waals surface area contributed by atoms with Crippen LogP contribution in [-0.2, 0) is 6.54 Å². The minimum atomic E-state index is -4.26. The summed E-state index contributed by atoms with van der Waals surface area (Å²) in [6, 6.07) is 0.170. The van der Waals surface area contributed by atoms with Crippen LogP contribution in [0.2, 0.25) is 0 Å². The second-order valence-corrected chi connectivity index (χ2v) is 4.05. The van der Waals surface area contributed by atoms with Crippen LogP contribution in [0.1, 0.15) is 17.7 Å². The fraction of sp³-hybridized carbons (Fsp3) is 0.636. The molecule has 17 heavy (non-hydrogen) atoms. The second kappa shape index (κ2) is 5.55. The van der Waals surface area contributed by atoms with E-state index in [0.717, 1.165) is 5.56 Å². The first kappa shape index (κ1) is 14.1. The highest BCUT2D eigenvalue weighted by Crippen LogP contribution is 2.27. The molecule has 0 saturated heterocycles. The molecule has 1 heterocycles. The number of alkyl halides is 3. The van der Waals surface area contributed by atoms with Crippen LogP contribution < -0.4 is 5.73 Å². The highest BCUT2D eigenvalue weighted by Gasteiger charge is 2.41. The molecule has 0 fully saturated rings. The lowest BCUT2D eigenvalue weighted by Crippen LogP contribution is -2.44. The number of halogens is 3. The van der Waals surface area contributed by atoms with Crippen LogP contribution in [0.5, 0.6) is 0 Å². The van der Waals surface area contributed by atoms with E-state index in [4.69, 9.17) is 10.2 Å². The van der Waals surface area contributed by atoms with E-state index in [0.29, 0.717) is 5.76 Å². The second-order valence-electron chi connectivity index (χ2n) is 4.05. The summed E-state index contributed by atoms with van der Waals surface area (Å²) in [5, 5.41) is 0. The maximum absolute atomic E-state index is 12.8. The zero-order valence-electron chi connectivity index (χ0n) is 9.92. The van der Waals surface area contributed by atoms with Crippen LogP contribution in [0.15, 0.2) is 16.7 Å². The van der Waals surface area contributed by atoms with Crippen LogP contribution in [-0.4, -0.2) is 30.7 Å². The number of hydrogen-bond donors (Lipinski definition) is 1. The van der Waals surface area contributed by atoms with Gasteiger partial charge >= 0.3 is 6.18 Å². The van der Waals surface area contributed by atoms with Crippen molar-refractivity contribution in [1.82, 2.24) is 4.90 Å². The summed E-state index contributed by atoms with van der Waals surface area (Å²) in [6.45, 7) is 1.94. The Balaban J connectivity index is 2.72. The predicted octanol–water partition coefficient (Wildman–Crippen LogP) is 2.30. The molecule has 0 radical (unpaired) electrons. The van der Waals surface area contributed by atoms with Gasteiger partial charge in [-0.05, 0) is 33.0 Å². The SMILES string of the molecule is Cc1occc1CN(C)C(CCN)C(F)(F)F. The highest BCUT2D eigenvalue weighted by atomic mass is 19.4. The molecule has 2 N–H and O–H groups in total. The molecule has 1 aromatic rings. The van der Waals surface area contributed by atoms with Crippen LogP contribution in [0.25, 0.3) is 0 Å². The van der Waals surface area contributed by atoms with E-state index >= 15 is 0 Å². The Kier molecular flexibility index (Phi) is 4.59. The summed E-state index contributed by atoms with van der Waals surface area (Å²) < 4.78 is 43.4. The third-order valence-electron chi connectivity index (χ3n) is 2.74. The van der Waals surface area contributed by atoms with Gasteiger partial charge in [0.05, 0.1) is 6.26 Å². The number of aryl methyl sites for hydroxylation is 1. The lowest BCUT2D eigenvalue weighted by Gasteiger charge is -2.29. The van der Waals surface area contributed by atoms with Crippen molar-refractivity contribution in [3.63, 3.8) is 0 Å². The van der Waals surface area contributed by atoms with Crippen LogP contribution in [0, 0.1) is 6.92 Å². The van der Waals surface area contributed by atoms with Crippen LogP contribution in [0.4, 0.5) is 13.2 Å². The Morgan fingerprint density at radius 1 is 1.47 bits per heavy atom. The minimum absolute atomic E-state index is 0.0128. The monoisotopic (exact) mass is 250 g/mol. The number of hydrogen-bond acceptors (Lipinski definition) is 3. The van der Waals surface area contributed by atoms with Crippen molar-refractivity contribution in [3.8, 4) is 0 Å². The van der Waals surface area contributed by atoms with Gasteiger partial charge in [0.2, 0.25) is 0 Å². The third-order valence-corrected chi connectivity index (χ3v) is 2.74. The van der Waals surface area contributed by atoms with Crippen molar-refractivity contribution < 1.29 is 17.6 Å². The molecule has 0 aromatic carbocycles. The number of nitrogens with zero attached hydrogens (tertiary/aromatic N) is 1. The quantitative estimate of drug-likeness (QED) is 0.872. The highest BCUT2D eigenvalue weighted by molar-refractivity contribution is 5.15. The Morgan fingerprint density at radius 2 is 2.12 bits per heavy atom. The number of nitrogens with two attached hydrogens (primary N) is 1. The standard InChI is InChI=1S/C11H17F3N2O/c1-8-9(4-6-17-8)7-16(2)10(3-5-15)11(12,13)14/h4,6,10H,3,5,7,15H2,1-2H3. The van der Waals surface area contributed by atoms with Gasteiger partial charge in [0.25, 0.3) is 0 Å². The van der Waals surface area contributed by atoms with Gasteiger partial charge in [-0.1, -0.05) is 0 Å². The van der Waals surface area contributed by atoms with Crippen molar-refractivity contribution in [2.24, 2.45) is 5.73 Å². The molecule has 1 unspecified atom stereocenters. The van der Waals surface area contributed by atoms with E-state index in [-0.39, 0.29) is 19.5 Å². The fourth-order valence-electron chi connectivity index (χ4n) is 1.75. The summed E-state index contributed by atoms with van der Waals surface area (Å²) in [5.74, 6) is 0.644. The van der Waals surface area contributed by atoms with Gasteiger partial charge in [-0.3, -0.25) is 4.90 Å².